The van der Waals surface area contributed by atoms with Crippen LogP contribution in [0.3, 0.4) is 0 Å². The summed E-state index contributed by atoms with van der Waals surface area (Å²) in [5, 5.41) is 3.55. The van der Waals surface area contributed by atoms with Gasteiger partial charge in [0, 0.05) is 25.3 Å². The Hall–Kier alpha value is -0.870. The second-order valence-electron chi connectivity index (χ2n) is 6.50. The number of imidazole rings is 1. The van der Waals surface area contributed by atoms with E-state index in [9.17, 15) is 0 Å². The highest BCUT2D eigenvalue weighted by atomic mass is 15.1. The molecule has 2 rings (SSSR count). The Kier molecular flexibility index (Phi) is 4.07. The predicted molar refractivity (Wildman–Crippen MR) is 74.5 cm³/mol. The van der Waals surface area contributed by atoms with Crippen molar-refractivity contribution in [2.45, 2.75) is 39.3 Å². The lowest BCUT2D eigenvalue weighted by atomic mass is 9.92. The second kappa shape index (κ2) is 5.41. The maximum atomic E-state index is 4.34. The van der Waals surface area contributed by atoms with Crippen molar-refractivity contribution in [1.82, 2.24) is 19.8 Å². The summed E-state index contributed by atoms with van der Waals surface area (Å²) in [5.74, 6) is 0. The number of rotatable bonds is 5. The first-order chi connectivity index (χ1) is 8.48. The van der Waals surface area contributed by atoms with Crippen molar-refractivity contribution in [1.29, 1.82) is 0 Å². The Balaban J connectivity index is 2.07. The summed E-state index contributed by atoms with van der Waals surface area (Å²) in [5.41, 5.74) is 1.61. The second-order valence-corrected chi connectivity index (χ2v) is 6.50. The zero-order valence-electron chi connectivity index (χ0n) is 12.1. The lowest BCUT2D eigenvalue weighted by Crippen LogP contribution is -2.33. The third-order valence-corrected chi connectivity index (χ3v) is 3.50. The minimum Gasteiger partial charge on any atom is -0.333 e. The van der Waals surface area contributed by atoms with E-state index in [2.05, 4.69) is 47.7 Å². The van der Waals surface area contributed by atoms with E-state index in [1.807, 2.05) is 12.5 Å². The molecule has 1 saturated heterocycles. The van der Waals surface area contributed by atoms with Gasteiger partial charge in [-0.2, -0.15) is 0 Å². The van der Waals surface area contributed by atoms with Gasteiger partial charge in [0.25, 0.3) is 0 Å². The van der Waals surface area contributed by atoms with Crippen LogP contribution in [-0.4, -0.2) is 41.6 Å². The SMILES string of the molecule is CN(C)CC(C)(C)Cn1cncc1[C@@H]1CCCN1. The highest BCUT2D eigenvalue weighted by Gasteiger charge is 2.24. The van der Waals surface area contributed by atoms with Crippen LogP contribution in [0.1, 0.15) is 38.4 Å². The summed E-state index contributed by atoms with van der Waals surface area (Å²) in [7, 11) is 4.27. The molecule has 102 valence electrons. The average molecular weight is 250 g/mol. The Morgan fingerprint density at radius 3 is 2.89 bits per heavy atom. The largest absolute Gasteiger partial charge is 0.333 e. The van der Waals surface area contributed by atoms with Gasteiger partial charge in [0.05, 0.1) is 12.0 Å². The van der Waals surface area contributed by atoms with Gasteiger partial charge in [-0.05, 0) is 38.9 Å². The van der Waals surface area contributed by atoms with Gasteiger partial charge in [0.1, 0.15) is 0 Å². The number of nitrogens with zero attached hydrogens (tertiary/aromatic N) is 3. The molecule has 0 aliphatic carbocycles. The molecule has 0 bridgehead atoms. The van der Waals surface area contributed by atoms with E-state index in [1.54, 1.807) is 0 Å². The van der Waals surface area contributed by atoms with E-state index in [-0.39, 0.29) is 5.41 Å². The fourth-order valence-electron chi connectivity index (χ4n) is 3.06. The van der Waals surface area contributed by atoms with Crippen LogP contribution in [0, 0.1) is 5.41 Å². The van der Waals surface area contributed by atoms with Gasteiger partial charge in [-0.3, -0.25) is 0 Å². The van der Waals surface area contributed by atoms with Crippen molar-refractivity contribution in [2.75, 3.05) is 27.2 Å². The van der Waals surface area contributed by atoms with Gasteiger partial charge in [-0.15, -0.1) is 0 Å². The van der Waals surface area contributed by atoms with Crippen molar-refractivity contribution in [2.24, 2.45) is 5.41 Å². The zero-order valence-corrected chi connectivity index (χ0v) is 12.1. The Bertz CT molecular complexity index is 375. The van der Waals surface area contributed by atoms with Gasteiger partial charge >= 0.3 is 0 Å². The molecule has 1 atom stereocenters. The zero-order chi connectivity index (χ0) is 13.2. The molecule has 0 spiro atoms. The van der Waals surface area contributed by atoms with Gasteiger partial charge in [0.2, 0.25) is 0 Å². The molecule has 1 fully saturated rings. The van der Waals surface area contributed by atoms with Crippen LogP contribution in [0.5, 0.6) is 0 Å². The van der Waals surface area contributed by atoms with E-state index in [1.165, 1.54) is 18.5 Å². The molecule has 4 heteroatoms. The molecule has 0 unspecified atom stereocenters. The van der Waals surface area contributed by atoms with Crippen LogP contribution in [0.15, 0.2) is 12.5 Å². The quantitative estimate of drug-likeness (QED) is 0.866. The summed E-state index contributed by atoms with van der Waals surface area (Å²) in [6, 6.07) is 0.502. The minimum atomic E-state index is 0.261. The third-order valence-electron chi connectivity index (χ3n) is 3.50. The van der Waals surface area contributed by atoms with E-state index in [4.69, 9.17) is 0 Å². The normalized spacial score (nSPS) is 20.8. The van der Waals surface area contributed by atoms with Crippen molar-refractivity contribution in [3.8, 4) is 0 Å². The van der Waals surface area contributed by atoms with E-state index < -0.39 is 0 Å². The molecular formula is C14H26N4. The standard InChI is InChI=1S/C14H26N4/c1-14(2,9-17(3)4)10-18-11-15-8-13(18)12-6-5-7-16-12/h8,11-12,16H,5-7,9-10H2,1-4H3/t12-/m0/s1. The van der Waals surface area contributed by atoms with Crippen molar-refractivity contribution in [3.63, 3.8) is 0 Å². The Morgan fingerprint density at radius 2 is 2.28 bits per heavy atom. The van der Waals surface area contributed by atoms with Crippen LogP contribution in [0.2, 0.25) is 0 Å². The lowest BCUT2D eigenvalue weighted by molar-refractivity contribution is 0.208. The molecule has 0 radical (unpaired) electrons. The molecule has 2 heterocycles. The molecule has 18 heavy (non-hydrogen) atoms. The highest BCUT2D eigenvalue weighted by molar-refractivity contribution is 5.07. The maximum Gasteiger partial charge on any atom is 0.0948 e. The van der Waals surface area contributed by atoms with Crippen LogP contribution in [0.25, 0.3) is 0 Å². The number of hydrogen-bond donors (Lipinski definition) is 1. The predicted octanol–water partition coefficient (Wildman–Crippen LogP) is 1.90. The summed E-state index contributed by atoms with van der Waals surface area (Å²) < 4.78 is 2.33. The van der Waals surface area contributed by atoms with Gasteiger partial charge in [-0.1, -0.05) is 13.8 Å². The molecule has 1 aromatic rings. The smallest absolute Gasteiger partial charge is 0.0948 e. The molecule has 1 aliphatic heterocycles. The fourth-order valence-corrected chi connectivity index (χ4v) is 3.06. The average Bonchev–Trinajstić information content (AvgIpc) is 2.83. The summed E-state index contributed by atoms with van der Waals surface area (Å²) in [6.45, 7) is 7.88. The molecule has 1 N–H and O–H groups in total. The van der Waals surface area contributed by atoms with Gasteiger partial charge < -0.3 is 14.8 Å². The van der Waals surface area contributed by atoms with Gasteiger partial charge in [0.15, 0.2) is 0 Å². The fraction of sp³-hybridized carbons (Fsp3) is 0.786. The van der Waals surface area contributed by atoms with Crippen LogP contribution in [-0.2, 0) is 6.54 Å². The molecule has 1 aliphatic rings. The molecule has 0 saturated carbocycles. The van der Waals surface area contributed by atoms with Gasteiger partial charge in [-0.25, -0.2) is 4.98 Å². The first-order valence-corrected chi connectivity index (χ1v) is 6.86. The first kappa shape index (κ1) is 13.6. The van der Waals surface area contributed by atoms with Crippen LogP contribution >= 0.6 is 0 Å². The monoisotopic (exact) mass is 250 g/mol. The van der Waals surface area contributed by atoms with Crippen molar-refractivity contribution in [3.05, 3.63) is 18.2 Å². The van der Waals surface area contributed by atoms with E-state index in [0.29, 0.717) is 6.04 Å². The summed E-state index contributed by atoms with van der Waals surface area (Å²) >= 11 is 0. The molecule has 4 nitrogen and oxygen atoms in total. The minimum absolute atomic E-state index is 0.261. The number of aromatic nitrogens is 2. The molecular weight excluding hydrogens is 224 g/mol. The summed E-state index contributed by atoms with van der Waals surface area (Å²) in [6.07, 6.45) is 6.51. The topological polar surface area (TPSA) is 33.1 Å². The Morgan fingerprint density at radius 1 is 1.50 bits per heavy atom. The Labute approximate surface area is 110 Å². The lowest BCUT2D eigenvalue weighted by Gasteiger charge is -2.30. The van der Waals surface area contributed by atoms with E-state index >= 15 is 0 Å². The van der Waals surface area contributed by atoms with Crippen LogP contribution < -0.4 is 5.32 Å². The maximum absolute atomic E-state index is 4.34. The van der Waals surface area contributed by atoms with Crippen molar-refractivity contribution < 1.29 is 0 Å². The molecule has 0 amide bonds. The number of hydrogen-bond acceptors (Lipinski definition) is 3. The summed E-state index contributed by atoms with van der Waals surface area (Å²) in [4.78, 5) is 6.59. The van der Waals surface area contributed by atoms with E-state index in [0.717, 1.165) is 19.6 Å². The first-order valence-electron chi connectivity index (χ1n) is 6.86. The van der Waals surface area contributed by atoms with Crippen molar-refractivity contribution >= 4 is 0 Å². The highest BCUT2D eigenvalue weighted by Crippen LogP contribution is 2.26. The number of nitrogens with one attached hydrogen (secondary N) is 1. The molecule has 0 aromatic carbocycles. The molecule has 1 aromatic heterocycles. The third kappa shape index (κ3) is 3.33. The van der Waals surface area contributed by atoms with Crippen LogP contribution in [0.4, 0.5) is 0 Å².